The molecule has 0 saturated carbocycles. The van der Waals surface area contributed by atoms with E-state index < -0.39 is 49.4 Å². The third-order valence-electron chi connectivity index (χ3n) is 2.44. The molecule has 4 N–H and O–H groups in total. The largest absolute Gasteiger partial charge is 0.382 e. The third-order valence-corrected chi connectivity index (χ3v) is 6.26. The second-order valence-electron chi connectivity index (χ2n) is 3.84. The second kappa shape index (κ2) is 4.88. The van der Waals surface area contributed by atoms with Crippen LogP contribution in [0.25, 0.3) is 0 Å². The number of primary amides is 1. The first-order valence-electron chi connectivity index (χ1n) is 4.80. The van der Waals surface area contributed by atoms with Crippen LogP contribution in [-0.2, 0) is 24.7 Å². The van der Waals surface area contributed by atoms with E-state index in [4.69, 9.17) is 10.8 Å². The van der Waals surface area contributed by atoms with E-state index in [1.54, 1.807) is 0 Å². The molecule has 0 aliphatic carbocycles. The molecule has 0 aromatic rings. The van der Waals surface area contributed by atoms with Crippen molar-refractivity contribution in [3.8, 4) is 0 Å². The Hall–Kier alpha value is -0.710. The van der Waals surface area contributed by atoms with Crippen molar-refractivity contribution >= 4 is 25.8 Å². The summed E-state index contributed by atoms with van der Waals surface area (Å²) in [4.78, 5) is 10.5. The van der Waals surface area contributed by atoms with Crippen LogP contribution in [0.15, 0.2) is 0 Å². The van der Waals surface area contributed by atoms with E-state index in [0.29, 0.717) is 0 Å². The summed E-state index contributed by atoms with van der Waals surface area (Å²) in [6.45, 7) is -0.547. The quantitative estimate of drug-likeness (QED) is 0.489. The monoisotopic (exact) mass is 286 g/mol. The highest BCUT2D eigenvalue weighted by Crippen LogP contribution is 2.17. The second-order valence-corrected chi connectivity index (χ2v) is 8.11. The lowest BCUT2D eigenvalue weighted by Crippen LogP contribution is -2.43. The summed E-state index contributed by atoms with van der Waals surface area (Å²) in [6, 6.07) is 0. The Kier molecular flexibility index (Phi) is 4.12. The number of rotatable bonds is 5. The zero-order valence-electron chi connectivity index (χ0n) is 8.87. The van der Waals surface area contributed by atoms with Crippen molar-refractivity contribution in [3.63, 3.8) is 0 Å². The van der Waals surface area contributed by atoms with Gasteiger partial charge in [-0.3, -0.25) is 4.79 Å². The lowest BCUT2D eigenvalue weighted by molar-refractivity contribution is -0.125. The predicted octanol–water partition coefficient (Wildman–Crippen LogP) is -3.06. The smallest absolute Gasteiger partial charge is 0.247 e. The van der Waals surface area contributed by atoms with Crippen molar-refractivity contribution < 1.29 is 26.7 Å². The van der Waals surface area contributed by atoms with Gasteiger partial charge in [0.2, 0.25) is 15.9 Å². The highest BCUT2D eigenvalue weighted by Gasteiger charge is 2.37. The van der Waals surface area contributed by atoms with Crippen molar-refractivity contribution in [1.82, 2.24) is 4.72 Å². The molecule has 1 aliphatic heterocycles. The van der Waals surface area contributed by atoms with Gasteiger partial charge in [-0.05, 0) is 6.42 Å². The van der Waals surface area contributed by atoms with Crippen LogP contribution in [-0.4, -0.2) is 57.3 Å². The molecule has 0 radical (unpaired) electrons. The standard InChI is InChI=1S/C7H14N2O6S2/c8-7(11)6(10)3-9-17(14,15)5-1-2-16(12,13)4-5/h5-6,9-10H,1-4H2,(H2,8,11). The Morgan fingerprint density at radius 2 is 2.12 bits per heavy atom. The van der Waals surface area contributed by atoms with Gasteiger partial charge in [-0.15, -0.1) is 0 Å². The van der Waals surface area contributed by atoms with Crippen LogP contribution < -0.4 is 10.5 Å². The van der Waals surface area contributed by atoms with Gasteiger partial charge in [0.15, 0.2) is 9.84 Å². The van der Waals surface area contributed by atoms with Crippen LogP contribution in [0.4, 0.5) is 0 Å². The van der Waals surface area contributed by atoms with Crippen LogP contribution in [0.5, 0.6) is 0 Å². The topological polar surface area (TPSA) is 144 Å². The minimum absolute atomic E-state index is 0.0182. The number of hydrogen-bond acceptors (Lipinski definition) is 6. The number of carbonyl (C=O) groups is 1. The molecule has 2 atom stereocenters. The molecule has 1 fully saturated rings. The molecule has 0 aromatic carbocycles. The lowest BCUT2D eigenvalue weighted by atomic mass is 10.3. The van der Waals surface area contributed by atoms with Gasteiger partial charge in [0.1, 0.15) is 6.10 Å². The molecule has 0 aromatic heterocycles. The fourth-order valence-corrected chi connectivity index (χ4v) is 5.50. The van der Waals surface area contributed by atoms with Gasteiger partial charge >= 0.3 is 0 Å². The number of sulfonamides is 1. The summed E-state index contributed by atoms with van der Waals surface area (Å²) in [7, 11) is -7.16. The van der Waals surface area contributed by atoms with Gasteiger partial charge in [-0.25, -0.2) is 21.6 Å². The number of hydrogen-bond donors (Lipinski definition) is 3. The van der Waals surface area contributed by atoms with Crippen molar-refractivity contribution in [2.75, 3.05) is 18.1 Å². The van der Waals surface area contributed by atoms with Gasteiger partial charge < -0.3 is 10.8 Å². The Morgan fingerprint density at radius 3 is 2.53 bits per heavy atom. The van der Waals surface area contributed by atoms with E-state index in [1.165, 1.54) is 0 Å². The zero-order chi connectivity index (χ0) is 13.3. The van der Waals surface area contributed by atoms with Gasteiger partial charge in [0.25, 0.3) is 0 Å². The molecule has 1 rings (SSSR count). The van der Waals surface area contributed by atoms with Crippen molar-refractivity contribution in [3.05, 3.63) is 0 Å². The van der Waals surface area contributed by atoms with Crippen molar-refractivity contribution in [1.29, 1.82) is 0 Å². The number of nitrogens with one attached hydrogen (secondary N) is 1. The molecule has 1 saturated heterocycles. The highest BCUT2D eigenvalue weighted by atomic mass is 32.2. The number of sulfone groups is 1. The van der Waals surface area contributed by atoms with Crippen LogP contribution in [0.2, 0.25) is 0 Å². The average Bonchev–Trinajstić information content (AvgIpc) is 2.56. The van der Waals surface area contributed by atoms with Crippen LogP contribution in [0.3, 0.4) is 0 Å². The first-order chi connectivity index (χ1) is 7.64. The van der Waals surface area contributed by atoms with Crippen LogP contribution >= 0.6 is 0 Å². The first-order valence-corrected chi connectivity index (χ1v) is 8.17. The molecule has 0 bridgehead atoms. The van der Waals surface area contributed by atoms with Crippen LogP contribution in [0, 0.1) is 0 Å². The molecule has 2 unspecified atom stereocenters. The van der Waals surface area contributed by atoms with Gasteiger partial charge in [0.05, 0.1) is 16.8 Å². The Bertz CT molecular complexity index is 496. The Labute approximate surface area is 99.2 Å². The summed E-state index contributed by atoms with van der Waals surface area (Å²) in [5.41, 5.74) is 4.74. The zero-order valence-corrected chi connectivity index (χ0v) is 10.5. The molecular weight excluding hydrogens is 272 g/mol. The molecule has 8 nitrogen and oxygen atoms in total. The van der Waals surface area contributed by atoms with Crippen molar-refractivity contribution in [2.24, 2.45) is 5.73 Å². The normalized spacial score (nSPS) is 25.6. The number of aliphatic hydroxyl groups excluding tert-OH is 1. The van der Waals surface area contributed by atoms with E-state index >= 15 is 0 Å². The maximum atomic E-state index is 11.6. The lowest BCUT2D eigenvalue weighted by Gasteiger charge is -2.12. The van der Waals surface area contributed by atoms with E-state index in [-0.39, 0.29) is 12.2 Å². The Morgan fingerprint density at radius 1 is 1.53 bits per heavy atom. The maximum Gasteiger partial charge on any atom is 0.247 e. The number of aliphatic hydroxyl groups is 1. The molecule has 17 heavy (non-hydrogen) atoms. The van der Waals surface area contributed by atoms with Gasteiger partial charge in [-0.2, -0.15) is 0 Å². The minimum Gasteiger partial charge on any atom is -0.382 e. The SMILES string of the molecule is NC(=O)C(O)CNS(=O)(=O)C1CCS(=O)(=O)C1. The first kappa shape index (κ1) is 14.4. The van der Waals surface area contributed by atoms with Gasteiger partial charge in [0, 0.05) is 6.54 Å². The molecule has 1 amide bonds. The molecule has 1 heterocycles. The summed E-state index contributed by atoms with van der Waals surface area (Å²) in [6.07, 6.45) is -1.60. The van der Waals surface area contributed by atoms with E-state index in [0.717, 1.165) is 0 Å². The number of amides is 1. The number of nitrogens with two attached hydrogens (primary N) is 1. The highest BCUT2D eigenvalue weighted by molar-refractivity contribution is 7.95. The summed E-state index contributed by atoms with van der Waals surface area (Å²) in [5, 5.41) is 7.98. The van der Waals surface area contributed by atoms with Crippen molar-refractivity contribution in [2.45, 2.75) is 17.8 Å². The average molecular weight is 286 g/mol. The van der Waals surface area contributed by atoms with E-state index in [9.17, 15) is 21.6 Å². The Balaban J connectivity index is 2.62. The molecule has 1 aliphatic rings. The molecule has 10 heteroatoms. The predicted molar refractivity (Wildman–Crippen MR) is 59.2 cm³/mol. The van der Waals surface area contributed by atoms with Crippen LogP contribution in [0.1, 0.15) is 6.42 Å². The summed E-state index contributed by atoms with van der Waals surface area (Å²) < 4.78 is 47.4. The van der Waals surface area contributed by atoms with E-state index in [1.807, 2.05) is 4.72 Å². The minimum atomic E-state index is -3.86. The molecule has 100 valence electrons. The molecule has 0 spiro atoms. The fraction of sp³-hybridized carbons (Fsp3) is 0.857. The maximum absolute atomic E-state index is 11.6. The summed E-state index contributed by atoms with van der Waals surface area (Å²) in [5.74, 6) is -1.65. The van der Waals surface area contributed by atoms with Gasteiger partial charge in [-0.1, -0.05) is 0 Å². The van der Waals surface area contributed by atoms with E-state index in [2.05, 4.69) is 0 Å². The summed E-state index contributed by atoms with van der Waals surface area (Å²) >= 11 is 0. The third kappa shape index (κ3) is 3.91. The molecular formula is C7H14N2O6S2. The fourth-order valence-electron chi connectivity index (χ4n) is 1.42. The number of carbonyl (C=O) groups excluding carboxylic acids is 1.